The minimum Gasteiger partial charge on any atom is -0.404 e. The van der Waals surface area contributed by atoms with Crippen molar-refractivity contribution in [2.24, 2.45) is 29.1 Å². The number of nitrogens with one attached hydrogen (secondary N) is 3. The average Bonchev–Trinajstić information content (AvgIpc) is 3.47. The van der Waals surface area contributed by atoms with Crippen LogP contribution in [0.1, 0.15) is 91.3 Å². The molecule has 3 saturated carbocycles. The lowest BCUT2D eigenvalue weighted by atomic mass is 9.43. The van der Waals surface area contributed by atoms with Gasteiger partial charge in [0.25, 0.3) is 0 Å². The van der Waals surface area contributed by atoms with Gasteiger partial charge < -0.3 is 25.3 Å². The first-order valence-electron chi connectivity index (χ1n) is 16.3. The Morgan fingerprint density at radius 3 is 2.07 bits per heavy atom. The van der Waals surface area contributed by atoms with E-state index >= 15 is 0 Å². The van der Waals surface area contributed by atoms with E-state index in [1.54, 1.807) is 0 Å². The van der Waals surface area contributed by atoms with Crippen molar-refractivity contribution in [3.05, 3.63) is 59.7 Å². The summed E-state index contributed by atoms with van der Waals surface area (Å²) in [5.74, 6) is 1.16. The molecule has 4 aliphatic carbocycles. The Balaban J connectivity index is 1.16. The third kappa shape index (κ3) is 5.39. The predicted molar refractivity (Wildman–Crippen MR) is 170 cm³/mol. The van der Waals surface area contributed by atoms with Crippen LogP contribution in [0.25, 0.3) is 11.1 Å². The molecule has 43 heavy (non-hydrogen) atoms. The van der Waals surface area contributed by atoms with Gasteiger partial charge in [0.05, 0.1) is 23.7 Å². The SMILES string of the molecule is CC(C)C[C@H](NC(=O)[C@H](CC(C)C)NC(=O)NC1c2ccccc2-c2ccccc21)B1O[C@@H]2C[C@@H]3C[C@@H](C3(C)C)[C@]2(C)O1. The van der Waals surface area contributed by atoms with Gasteiger partial charge in [-0.3, -0.25) is 4.79 Å². The van der Waals surface area contributed by atoms with Gasteiger partial charge in [-0.1, -0.05) is 90.1 Å². The summed E-state index contributed by atoms with van der Waals surface area (Å²) in [6.45, 7) is 15.4. The summed E-state index contributed by atoms with van der Waals surface area (Å²) in [6, 6.07) is 15.0. The van der Waals surface area contributed by atoms with Crippen LogP contribution in [-0.2, 0) is 14.1 Å². The predicted octanol–water partition coefficient (Wildman–Crippen LogP) is 6.27. The smallest absolute Gasteiger partial charge is 0.404 e. The monoisotopic (exact) mass is 585 g/mol. The molecule has 3 amide bonds. The Hall–Kier alpha value is -2.84. The maximum Gasteiger partial charge on any atom is 0.481 e. The number of carbonyl (C=O) groups is 2. The Morgan fingerprint density at radius 1 is 0.884 bits per heavy atom. The highest BCUT2D eigenvalue weighted by Gasteiger charge is 2.68. The summed E-state index contributed by atoms with van der Waals surface area (Å²) in [4.78, 5) is 27.4. The third-order valence-corrected chi connectivity index (χ3v) is 10.8. The number of rotatable bonds is 9. The summed E-state index contributed by atoms with van der Waals surface area (Å²) in [7, 11) is -0.503. The second-order valence-corrected chi connectivity index (χ2v) is 15.0. The lowest BCUT2D eigenvalue weighted by molar-refractivity contribution is -0.199. The lowest BCUT2D eigenvalue weighted by Crippen LogP contribution is -2.65. The topological polar surface area (TPSA) is 88.7 Å². The van der Waals surface area contributed by atoms with Gasteiger partial charge in [-0.25, -0.2) is 4.79 Å². The van der Waals surface area contributed by atoms with E-state index in [-0.39, 0.29) is 47.0 Å². The summed E-state index contributed by atoms with van der Waals surface area (Å²) in [5, 5.41) is 9.46. The summed E-state index contributed by atoms with van der Waals surface area (Å²) < 4.78 is 13.4. The molecule has 2 aromatic rings. The quantitative estimate of drug-likeness (QED) is 0.303. The van der Waals surface area contributed by atoms with Crippen molar-refractivity contribution in [3.8, 4) is 11.1 Å². The van der Waals surface area contributed by atoms with Crippen LogP contribution in [0.5, 0.6) is 0 Å². The molecule has 1 aliphatic heterocycles. The molecule has 8 heteroatoms. The molecule has 7 rings (SSSR count). The number of hydrogen-bond acceptors (Lipinski definition) is 4. The van der Waals surface area contributed by atoms with Crippen LogP contribution in [-0.4, -0.2) is 42.7 Å². The molecule has 1 heterocycles. The largest absolute Gasteiger partial charge is 0.481 e. The number of amides is 3. The highest BCUT2D eigenvalue weighted by Crippen LogP contribution is 2.65. The first-order valence-corrected chi connectivity index (χ1v) is 16.3. The first-order chi connectivity index (χ1) is 20.4. The van der Waals surface area contributed by atoms with Crippen molar-refractivity contribution in [2.45, 2.75) is 104 Å². The average molecular weight is 586 g/mol. The van der Waals surface area contributed by atoms with E-state index < -0.39 is 13.2 Å². The van der Waals surface area contributed by atoms with Crippen molar-refractivity contribution in [1.29, 1.82) is 0 Å². The molecule has 1 saturated heterocycles. The van der Waals surface area contributed by atoms with E-state index in [2.05, 4.69) is 88.7 Å². The highest BCUT2D eigenvalue weighted by molar-refractivity contribution is 6.48. The zero-order chi connectivity index (χ0) is 30.7. The molecule has 6 atom stereocenters. The molecule has 0 radical (unpaired) electrons. The standard InChI is InChI=1S/C35H48BN3O4/c1-20(2)16-27(37-33(41)39-31-25-14-10-8-12-23(25)24-13-9-11-15-26(24)31)32(40)38-30(17-21(3)4)36-42-29-19-22-18-28(34(22,5)6)35(29,7)43-36/h8-15,20-22,27-31H,16-19H2,1-7H3,(H,38,40)(H2,37,39,41)/t22-,27-,28-,29+,30-,35-/m0/s1. The maximum atomic E-state index is 13.9. The van der Waals surface area contributed by atoms with Crippen LogP contribution in [0.2, 0.25) is 0 Å². The van der Waals surface area contributed by atoms with Gasteiger partial charge in [0.15, 0.2) is 0 Å². The van der Waals surface area contributed by atoms with Crippen LogP contribution < -0.4 is 16.0 Å². The third-order valence-electron chi connectivity index (χ3n) is 10.8. The molecule has 5 aliphatic rings. The maximum absolute atomic E-state index is 13.9. The minimum atomic E-state index is -0.687. The van der Waals surface area contributed by atoms with Crippen molar-refractivity contribution in [3.63, 3.8) is 0 Å². The van der Waals surface area contributed by atoms with E-state index in [1.807, 2.05) is 24.3 Å². The van der Waals surface area contributed by atoms with E-state index in [1.165, 1.54) is 6.42 Å². The van der Waals surface area contributed by atoms with Crippen molar-refractivity contribution < 1.29 is 18.9 Å². The minimum absolute atomic E-state index is 0.0494. The zero-order valence-electron chi connectivity index (χ0n) is 26.8. The molecule has 7 nitrogen and oxygen atoms in total. The number of benzene rings is 2. The van der Waals surface area contributed by atoms with Gasteiger partial charge in [0.1, 0.15) is 6.04 Å². The number of carbonyl (C=O) groups excluding carboxylic acids is 2. The molecule has 230 valence electrons. The molecule has 2 bridgehead atoms. The molecule has 2 aromatic carbocycles. The highest BCUT2D eigenvalue weighted by atomic mass is 16.7. The second kappa shape index (κ2) is 11.3. The van der Waals surface area contributed by atoms with Crippen molar-refractivity contribution >= 4 is 19.1 Å². The van der Waals surface area contributed by atoms with Crippen LogP contribution in [0.4, 0.5) is 4.79 Å². The zero-order valence-corrected chi connectivity index (χ0v) is 26.8. The molecule has 3 N–H and O–H groups in total. The van der Waals surface area contributed by atoms with Crippen LogP contribution >= 0.6 is 0 Å². The first kappa shape index (κ1) is 30.2. The van der Waals surface area contributed by atoms with E-state index in [0.717, 1.165) is 35.1 Å². The van der Waals surface area contributed by atoms with Crippen molar-refractivity contribution in [1.82, 2.24) is 16.0 Å². The van der Waals surface area contributed by atoms with Gasteiger partial charge in [-0.05, 0) is 83.9 Å². The molecule has 4 fully saturated rings. The van der Waals surface area contributed by atoms with Crippen LogP contribution in [0, 0.1) is 29.1 Å². The van der Waals surface area contributed by atoms with E-state index in [4.69, 9.17) is 9.31 Å². The Kier molecular flexibility index (Phi) is 7.91. The van der Waals surface area contributed by atoms with Crippen molar-refractivity contribution in [2.75, 3.05) is 0 Å². The number of hydrogen-bond donors (Lipinski definition) is 3. The van der Waals surface area contributed by atoms with Gasteiger partial charge in [0.2, 0.25) is 5.91 Å². The Bertz CT molecular complexity index is 1330. The molecule has 0 unspecified atom stereocenters. The van der Waals surface area contributed by atoms with Crippen LogP contribution in [0.15, 0.2) is 48.5 Å². The Morgan fingerprint density at radius 2 is 1.49 bits per heavy atom. The van der Waals surface area contributed by atoms with Crippen LogP contribution in [0.3, 0.4) is 0 Å². The molecule has 0 aromatic heterocycles. The number of urea groups is 1. The fourth-order valence-corrected chi connectivity index (χ4v) is 8.45. The molecular formula is C35H48BN3O4. The molecular weight excluding hydrogens is 537 g/mol. The summed E-state index contributed by atoms with van der Waals surface area (Å²) >= 11 is 0. The van der Waals surface area contributed by atoms with Gasteiger partial charge in [-0.2, -0.15) is 0 Å². The molecule has 0 spiro atoms. The lowest BCUT2D eigenvalue weighted by Gasteiger charge is -2.64. The van der Waals surface area contributed by atoms with Gasteiger partial charge in [-0.15, -0.1) is 0 Å². The van der Waals surface area contributed by atoms with E-state index in [0.29, 0.717) is 24.2 Å². The van der Waals surface area contributed by atoms with Gasteiger partial charge in [0, 0.05) is 0 Å². The Labute approximate surface area is 257 Å². The normalized spacial score (nSPS) is 28.0. The van der Waals surface area contributed by atoms with E-state index in [9.17, 15) is 9.59 Å². The van der Waals surface area contributed by atoms with Gasteiger partial charge >= 0.3 is 13.1 Å². The summed E-state index contributed by atoms with van der Waals surface area (Å²) in [6.07, 6.45) is 3.49. The number of fused-ring (bicyclic) bond motifs is 3. The second-order valence-electron chi connectivity index (χ2n) is 15.0. The fourth-order valence-electron chi connectivity index (χ4n) is 8.45. The summed E-state index contributed by atoms with van der Waals surface area (Å²) in [5.41, 5.74) is 4.29. The fraction of sp³-hybridized carbons (Fsp3) is 0.600.